The molecule has 0 aliphatic heterocycles. The van der Waals surface area contributed by atoms with Gasteiger partial charge in [0.15, 0.2) is 5.65 Å². The maximum atomic E-state index is 14.3. The van der Waals surface area contributed by atoms with E-state index < -0.39 is 22.1 Å². The number of non-ortho nitro benzene ring substituents is 1. The molecule has 29 heavy (non-hydrogen) atoms. The molecule has 1 N–H and O–H groups in total. The van der Waals surface area contributed by atoms with Crippen LogP contribution in [0.1, 0.15) is 5.69 Å². The monoisotopic (exact) mass is 421 g/mol. The van der Waals surface area contributed by atoms with Crippen molar-refractivity contribution in [2.75, 3.05) is 0 Å². The van der Waals surface area contributed by atoms with Crippen LogP contribution in [0, 0.1) is 28.7 Å². The van der Waals surface area contributed by atoms with Crippen LogP contribution in [0.15, 0.2) is 53.3 Å². The van der Waals surface area contributed by atoms with Crippen molar-refractivity contribution in [3.63, 3.8) is 0 Å². The molecule has 0 bridgehead atoms. The largest absolute Gasteiger partial charge is 0.293 e. The Morgan fingerprint density at radius 1 is 1.10 bits per heavy atom. The zero-order valence-corrected chi connectivity index (χ0v) is 18.6. The van der Waals surface area contributed by atoms with Gasteiger partial charge in [-0.25, -0.2) is 18.3 Å². The predicted octanol–water partition coefficient (Wildman–Crippen LogP) is 3.47. The number of nitro groups is 1. The number of nitrogens with zero attached hydrogens (tertiary/aromatic N) is 3. The molecule has 0 amide bonds. The van der Waals surface area contributed by atoms with E-state index in [2.05, 4.69) is 10.1 Å². The van der Waals surface area contributed by atoms with Crippen LogP contribution in [0.5, 0.6) is 0 Å². The summed E-state index contributed by atoms with van der Waals surface area (Å²) in [5.74, 6) is -1.49. The third kappa shape index (κ3) is 3.94. The minimum absolute atomic E-state index is 0. The fraction of sp³-hybridized carbons (Fsp3) is 0.0526. The first-order valence-electron chi connectivity index (χ1n) is 8.18. The molecule has 10 heteroatoms. The number of fused-ring (bicyclic) bond motifs is 1. The fourth-order valence-corrected chi connectivity index (χ4v) is 3.07. The molecule has 2 aromatic carbocycles. The number of halogens is 2. The Morgan fingerprint density at radius 3 is 2.41 bits per heavy atom. The summed E-state index contributed by atoms with van der Waals surface area (Å²) in [6.07, 6.45) is 0. The summed E-state index contributed by atoms with van der Waals surface area (Å²) in [6, 6.07) is 10.0. The standard InChI is InChI=1S/C19H12F2N4O3.K/c1-10-18(14-7-4-12(20)8-15(14)21)19-22-16(9-17(26)24(19)23-10)11-2-5-13(6-3-11)25(27)28;/h2-9,23H,1H3;. The zero-order valence-electron chi connectivity index (χ0n) is 15.4. The van der Waals surface area contributed by atoms with Crippen molar-refractivity contribution in [2.45, 2.75) is 6.92 Å². The first-order chi connectivity index (χ1) is 13.3. The van der Waals surface area contributed by atoms with Gasteiger partial charge < -0.3 is 0 Å². The van der Waals surface area contributed by atoms with Crippen molar-refractivity contribution >= 4 is 62.7 Å². The Kier molecular flexibility index (Phi) is 6.10. The Hall–Kier alpha value is -2.24. The van der Waals surface area contributed by atoms with Crippen molar-refractivity contribution in [3.8, 4) is 22.4 Å². The number of aromatic amines is 1. The molecular weight excluding hydrogens is 409 g/mol. The SMILES string of the molecule is Cc1[nH]n2c(=O)cc(-c3ccc([N+](=O)[O-])cc3)nc2c1-c1ccc(F)cc1F.[K]. The summed E-state index contributed by atoms with van der Waals surface area (Å²) >= 11 is 0. The van der Waals surface area contributed by atoms with Gasteiger partial charge in [0.25, 0.3) is 11.2 Å². The Morgan fingerprint density at radius 2 is 1.79 bits per heavy atom. The van der Waals surface area contributed by atoms with E-state index in [9.17, 15) is 23.7 Å². The van der Waals surface area contributed by atoms with Gasteiger partial charge in [-0.05, 0) is 31.2 Å². The van der Waals surface area contributed by atoms with Crippen LogP contribution in [0.3, 0.4) is 0 Å². The number of hydrogen-bond donors (Lipinski definition) is 1. The number of aryl methyl sites for hydroxylation is 1. The van der Waals surface area contributed by atoms with E-state index in [1.165, 1.54) is 40.9 Å². The molecule has 0 fully saturated rings. The van der Waals surface area contributed by atoms with Gasteiger partial charge in [-0.1, -0.05) is 0 Å². The average molecular weight is 421 g/mol. The Bertz CT molecular complexity index is 1300. The van der Waals surface area contributed by atoms with Gasteiger partial charge in [0.1, 0.15) is 11.6 Å². The molecule has 2 aromatic heterocycles. The molecule has 7 nitrogen and oxygen atoms in total. The Labute approximate surface area is 205 Å². The minimum Gasteiger partial charge on any atom is -0.293 e. The van der Waals surface area contributed by atoms with Crippen molar-refractivity contribution in [1.82, 2.24) is 14.6 Å². The summed E-state index contributed by atoms with van der Waals surface area (Å²) in [7, 11) is 0. The second kappa shape index (κ2) is 8.24. The second-order valence-corrected chi connectivity index (χ2v) is 6.18. The molecule has 0 atom stereocenters. The van der Waals surface area contributed by atoms with E-state index in [4.69, 9.17) is 0 Å². The second-order valence-electron chi connectivity index (χ2n) is 6.18. The van der Waals surface area contributed by atoms with Crippen LogP contribution in [-0.2, 0) is 0 Å². The molecule has 0 aliphatic carbocycles. The van der Waals surface area contributed by atoms with E-state index in [0.717, 1.165) is 12.1 Å². The summed E-state index contributed by atoms with van der Waals surface area (Å²) in [6.45, 7) is 1.65. The first-order valence-corrected chi connectivity index (χ1v) is 8.18. The molecule has 2 heterocycles. The van der Waals surface area contributed by atoms with Crippen LogP contribution >= 0.6 is 0 Å². The van der Waals surface area contributed by atoms with E-state index in [1.807, 2.05) is 0 Å². The third-order valence-electron chi connectivity index (χ3n) is 4.37. The van der Waals surface area contributed by atoms with Gasteiger partial charge in [-0.3, -0.25) is 20.0 Å². The number of nitrogens with one attached hydrogen (secondary N) is 1. The maximum absolute atomic E-state index is 14.3. The predicted molar refractivity (Wildman–Crippen MR) is 104 cm³/mol. The number of H-pyrrole nitrogens is 1. The minimum atomic E-state index is -0.778. The smallest absolute Gasteiger partial charge is 0.273 e. The van der Waals surface area contributed by atoms with Crippen LogP contribution in [0.25, 0.3) is 28.0 Å². The third-order valence-corrected chi connectivity index (χ3v) is 4.37. The molecule has 1 radical (unpaired) electrons. The van der Waals surface area contributed by atoms with E-state index in [0.29, 0.717) is 16.8 Å². The van der Waals surface area contributed by atoms with Gasteiger partial charge in [0.05, 0.1) is 10.6 Å². The van der Waals surface area contributed by atoms with Crippen molar-refractivity contribution < 1.29 is 13.7 Å². The maximum Gasteiger partial charge on any atom is 0.273 e. The van der Waals surface area contributed by atoms with Crippen LogP contribution in [0.2, 0.25) is 0 Å². The number of nitro benzene ring substituents is 1. The van der Waals surface area contributed by atoms with Crippen molar-refractivity contribution in [2.24, 2.45) is 0 Å². The molecule has 4 rings (SSSR count). The first kappa shape index (κ1) is 21.5. The van der Waals surface area contributed by atoms with Crippen LogP contribution < -0.4 is 5.56 Å². The van der Waals surface area contributed by atoms with Gasteiger partial charge in [0, 0.05) is 98.0 Å². The normalized spacial score (nSPS) is 10.7. The number of hydrogen-bond acceptors (Lipinski definition) is 4. The molecule has 141 valence electrons. The van der Waals surface area contributed by atoms with E-state index in [-0.39, 0.29) is 74.0 Å². The summed E-state index contributed by atoms with van der Waals surface area (Å²) in [5.41, 5.74) is 1.34. The molecule has 0 saturated carbocycles. The molecular formula is C19H12F2KN4O3. The molecule has 0 unspecified atom stereocenters. The topological polar surface area (TPSA) is 93.3 Å². The molecule has 0 saturated heterocycles. The molecule has 0 spiro atoms. The van der Waals surface area contributed by atoms with Gasteiger partial charge in [0.2, 0.25) is 0 Å². The van der Waals surface area contributed by atoms with E-state index in [1.54, 1.807) is 6.92 Å². The summed E-state index contributed by atoms with van der Waals surface area (Å²) in [5, 5.41) is 13.6. The molecule has 4 aromatic rings. The number of rotatable bonds is 3. The number of benzene rings is 2. The van der Waals surface area contributed by atoms with E-state index >= 15 is 0 Å². The van der Waals surface area contributed by atoms with Gasteiger partial charge in [-0.2, -0.15) is 0 Å². The van der Waals surface area contributed by atoms with Gasteiger partial charge >= 0.3 is 0 Å². The molecule has 0 aliphatic rings. The fourth-order valence-electron chi connectivity index (χ4n) is 3.07. The Balaban J connectivity index is 0.00000240. The van der Waals surface area contributed by atoms with Gasteiger partial charge in [-0.15, -0.1) is 0 Å². The zero-order chi connectivity index (χ0) is 20.0. The van der Waals surface area contributed by atoms with Crippen molar-refractivity contribution in [3.05, 3.63) is 86.3 Å². The van der Waals surface area contributed by atoms with Crippen molar-refractivity contribution in [1.29, 1.82) is 0 Å². The quantitative estimate of drug-likeness (QED) is 0.311. The summed E-state index contributed by atoms with van der Waals surface area (Å²) in [4.78, 5) is 27.2. The van der Waals surface area contributed by atoms with Crippen LogP contribution in [-0.4, -0.2) is 70.9 Å². The average Bonchev–Trinajstić information content (AvgIpc) is 2.98. The van der Waals surface area contributed by atoms with Crippen LogP contribution in [0.4, 0.5) is 14.5 Å². The number of aromatic nitrogens is 3. The summed E-state index contributed by atoms with van der Waals surface area (Å²) < 4.78 is 28.8.